The molecule has 0 N–H and O–H groups in total. The van der Waals surface area contributed by atoms with Gasteiger partial charge in [-0.05, 0) is 67.6 Å². The summed E-state index contributed by atoms with van der Waals surface area (Å²) in [5.74, 6) is -0.836. The highest BCUT2D eigenvalue weighted by molar-refractivity contribution is 6.38. The van der Waals surface area contributed by atoms with Crippen LogP contribution in [0.2, 0.25) is 10.0 Å². The Bertz CT molecular complexity index is 1400. The van der Waals surface area contributed by atoms with Crippen LogP contribution in [0.15, 0.2) is 30.3 Å². The molecule has 1 fully saturated rings. The van der Waals surface area contributed by atoms with Crippen LogP contribution in [0, 0.1) is 18.8 Å². The molecule has 4 rings (SSSR count). The van der Waals surface area contributed by atoms with E-state index in [2.05, 4.69) is 0 Å². The molecule has 0 aliphatic carbocycles. The molecule has 0 saturated carbocycles. The molecule has 3 aromatic rings. The van der Waals surface area contributed by atoms with E-state index in [1.165, 1.54) is 0 Å². The summed E-state index contributed by atoms with van der Waals surface area (Å²) >= 11 is 13.2. The van der Waals surface area contributed by atoms with Gasteiger partial charge in [-0.1, -0.05) is 30.1 Å². The van der Waals surface area contributed by atoms with Crippen molar-refractivity contribution in [3.63, 3.8) is 0 Å². The fraction of sp³-hybridized carbons (Fsp3) is 0.429. The number of hydrogen-bond acceptors (Lipinski definition) is 3. The highest BCUT2D eigenvalue weighted by atomic mass is 35.5. The number of benzene rings is 2. The quantitative estimate of drug-likeness (QED) is 0.309. The number of piperidine rings is 1. The lowest BCUT2D eigenvalue weighted by atomic mass is 9.86. The first-order chi connectivity index (χ1) is 17.8. The molecule has 0 bridgehead atoms. The SMILES string of the molecule is CCOC(=O)C1CCN(C(=O)c2ccc(Cl)c(Cc3cc4c(C)cc(C(F)(F)F)cc4n3C)c2Cl)CC1C. The van der Waals surface area contributed by atoms with E-state index >= 15 is 0 Å². The van der Waals surface area contributed by atoms with Gasteiger partial charge < -0.3 is 14.2 Å². The van der Waals surface area contributed by atoms with E-state index < -0.39 is 11.7 Å². The van der Waals surface area contributed by atoms with E-state index in [0.29, 0.717) is 64.4 Å². The van der Waals surface area contributed by atoms with Gasteiger partial charge in [0.2, 0.25) is 0 Å². The van der Waals surface area contributed by atoms with Crippen molar-refractivity contribution in [2.45, 2.75) is 39.8 Å². The molecule has 1 aliphatic heterocycles. The average molecular weight is 569 g/mol. The molecule has 1 aliphatic rings. The minimum atomic E-state index is -4.45. The summed E-state index contributed by atoms with van der Waals surface area (Å²) in [6.45, 7) is 6.43. The molecule has 0 spiro atoms. The summed E-state index contributed by atoms with van der Waals surface area (Å²) in [5.41, 5.74) is 1.78. The zero-order chi connectivity index (χ0) is 27.9. The van der Waals surface area contributed by atoms with Crippen LogP contribution in [0.1, 0.15) is 53.0 Å². The monoisotopic (exact) mass is 568 g/mol. The topological polar surface area (TPSA) is 51.5 Å². The summed E-state index contributed by atoms with van der Waals surface area (Å²) < 4.78 is 47.0. The van der Waals surface area contributed by atoms with Crippen molar-refractivity contribution in [3.05, 3.63) is 68.3 Å². The fourth-order valence-electron chi connectivity index (χ4n) is 5.20. The zero-order valence-electron chi connectivity index (χ0n) is 21.6. The molecule has 5 nitrogen and oxygen atoms in total. The first-order valence-corrected chi connectivity index (χ1v) is 13.2. The van der Waals surface area contributed by atoms with Crippen molar-refractivity contribution in [1.29, 1.82) is 0 Å². The third kappa shape index (κ3) is 5.38. The number of ether oxygens (including phenoxy) is 1. The molecular weight excluding hydrogens is 540 g/mol. The lowest BCUT2D eigenvalue weighted by molar-refractivity contribution is -0.151. The molecule has 38 heavy (non-hydrogen) atoms. The van der Waals surface area contributed by atoms with Crippen LogP contribution >= 0.6 is 23.2 Å². The van der Waals surface area contributed by atoms with E-state index in [1.54, 1.807) is 42.5 Å². The van der Waals surface area contributed by atoms with Crippen LogP contribution in [-0.2, 0) is 29.2 Å². The second-order valence-corrected chi connectivity index (χ2v) is 10.6. The second kappa shape index (κ2) is 10.8. The van der Waals surface area contributed by atoms with E-state index in [9.17, 15) is 22.8 Å². The molecular formula is C28H29Cl2F3N2O3. The summed E-state index contributed by atoms with van der Waals surface area (Å²) in [7, 11) is 1.70. The molecule has 204 valence electrons. The number of aryl methyl sites for hydroxylation is 2. The van der Waals surface area contributed by atoms with Crippen LogP contribution in [-0.4, -0.2) is 41.0 Å². The Hall–Kier alpha value is -2.71. The van der Waals surface area contributed by atoms with Crippen LogP contribution < -0.4 is 0 Å². The largest absolute Gasteiger partial charge is 0.466 e. The lowest BCUT2D eigenvalue weighted by Gasteiger charge is -2.36. The van der Waals surface area contributed by atoms with Gasteiger partial charge in [-0.3, -0.25) is 9.59 Å². The standard InChI is InChI=1S/C28H29Cl2F3N2O3/c1-5-38-27(37)19-8-9-35(14-16(19)3)26(36)20-6-7-23(29)22(25(20)30)13-18-12-21-15(2)10-17(28(31,32)33)11-24(21)34(18)4/h6-7,10-12,16,19H,5,8-9,13-14H2,1-4H3. The Morgan fingerprint density at radius 3 is 2.50 bits per heavy atom. The van der Waals surface area contributed by atoms with Crippen molar-refractivity contribution < 1.29 is 27.5 Å². The summed E-state index contributed by atoms with van der Waals surface area (Å²) in [4.78, 5) is 27.3. The van der Waals surface area contributed by atoms with Gasteiger partial charge >= 0.3 is 12.1 Å². The van der Waals surface area contributed by atoms with Crippen molar-refractivity contribution in [1.82, 2.24) is 9.47 Å². The van der Waals surface area contributed by atoms with E-state index in [0.717, 1.165) is 12.1 Å². The molecule has 10 heteroatoms. The van der Waals surface area contributed by atoms with E-state index in [-0.39, 0.29) is 35.2 Å². The van der Waals surface area contributed by atoms with Gasteiger partial charge in [0, 0.05) is 48.2 Å². The number of esters is 1. The predicted molar refractivity (Wildman–Crippen MR) is 142 cm³/mol. The molecule has 0 radical (unpaired) electrons. The van der Waals surface area contributed by atoms with Crippen LogP contribution in [0.25, 0.3) is 10.9 Å². The van der Waals surface area contributed by atoms with Gasteiger partial charge in [0.25, 0.3) is 5.91 Å². The number of carbonyl (C=O) groups excluding carboxylic acids is 2. The van der Waals surface area contributed by atoms with Gasteiger partial charge in [-0.25, -0.2) is 0 Å². The maximum Gasteiger partial charge on any atom is 0.416 e. The lowest BCUT2D eigenvalue weighted by Crippen LogP contribution is -2.45. The van der Waals surface area contributed by atoms with Gasteiger partial charge in [0.1, 0.15) is 0 Å². The second-order valence-electron chi connectivity index (χ2n) is 9.86. The first-order valence-electron chi connectivity index (χ1n) is 12.4. The maximum atomic E-state index is 13.4. The molecule has 2 atom stereocenters. The highest BCUT2D eigenvalue weighted by Gasteiger charge is 2.35. The maximum absolute atomic E-state index is 13.4. The predicted octanol–water partition coefficient (Wildman–Crippen LogP) is 7.06. The van der Waals surface area contributed by atoms with Crippen molar-refractivity contribution >= 4 is 46.0 Å². The number of alkyl halides is 3. The van der Waals surface area contributed by atoms with Crippen molar-refractivity contribution in [2.24, 2.45) is 18.9 Å². The number of rotatable bonds is 5. The molecule has 2 aromatic carbocycles. The Morgan fingerprint density at radius 2 is 1.87 bits per heavy atom. The number of carbonyl (C=O) groups is 2. The van der Waals surface area contributed by atoms with Gasteiger partial charge in [0.15, 0.2) is 0 Å². The Morgan fingerprint density at radius 1 is 1.16 bits per heavy atom. The Labute approximate surface area is 229 Å². The van der Waals surface area contributed by atoms with Gasteiger partial charge in [0.05, 0.1) is 28.7 Å². The Balaban J connectivity index is 1.62. The zero-order valence-corrected chi connectivity index (χ0v) is 23.1. The van der Waals surface area contributed by atoms with E-state index in [1.807, 2.05) is 13.0 Å². The molecule has 2 unspecified atom stereocenters. The number of halogens is 5. The first kappa shape index (κ1) is 28.3. The van der Waals surface area contributed by atoms with Crippen LogP contribution in [0.4, 0.5) is 13.2 Å². The highest BCUT2D eigenvalue weighted by Crippen LogP contribution is 2.37. The smallest absolute Gasteiger partial charge is 0.416 e. The number of nitrogens with zero attached hydrogens (tertiary/aromatic N) is 2. The summed E-state index contributed by atoms with van der Waals surface area (Å²) in [6.07, 6.45) is -3.72. The molecule has 1 aromatic heterocycles. The van der Waals surface area contributed by atoms with E-state index in [4.69, 9.17) is 27.9 Å². The van der Waals surface area contributed by atoms with Crippen molar-refractivity contribution in [3.8, 4) is 0 Å². The van der Waals surface area contributed by atoms with Crippen LogP contribution in [0.5, 0.6) is 0 Å². The number of fused-ring (bicyclic) bond motifs is 1. The summed E-state index contributed by atoms with van der Waals surface area (Å²) in [5, 5.41) is 1.27. The average Bonchev–Trinajstić information content (AvgIpc) is 3.16. The van der Waals surface area contributed by atoms with Crippen LogP contribution in [0.3, 0.4) is 0 Å². The van der Waals surface area contributed by atoms with Gasteiger partial charge in [-0.2, -0.15) is 13.2 Å². The fourth-order valence-corrected chi connectivity index (χ4v) is 5.79. The number of aromatic nitrogens is 1. The molecule has 2 heterocycles. The molecule has 1 amide bonds. The Kier molecular flexibility index (Phi) is 8.05. The minimum Gasteiger partial charge on any atom is -0.466 e. The number of amides is 1. The summed E-state index contributed by atoms with van der Waals surface area (Å²) in [6, 6.07) is 7.29. The third-order valence-electron chi connectivity index (χ3n) is 7.35. The van der Waals surface area contributed by atoms with Crippen molar-refractivity contribution in [2.75, 3.05) is 19.7 Å². The normalized spacial score (nSPS) is 18.2. The number of hydrogen-bond donors (Lipinski definition) is 0. The molecule has 1 saturated heterocycles. The minimum absolute atomic E-state index is 0.0714. The number of likely N-dealkylation sites (tertiary alicyclic amines) is 1. The third-order valence-corrected chi connectivity index (χ3v) is 8.14. The van der Waals surface area contributed by atoms with Gasteiger partial charge in [-0.15, -0.1) is 0 Å².